The van der Waals surface area contributed by atoms with Crippen LogP contribution in [0.1, 0.15) is 68.7 Å². The van der Waals surface area contributed by atoms with Gasteiger partial charge >= 0.3 is 11.9 Å². The molecule has 30 heavy (non-hydrogen) atoms. The van der Waals surface area contributed by atoms with Crippen molar-refractivity contribution in [1.29, 1.82) is 0 Å². The second kappa shape index (κ2) is 10.3. The number of rotatable bonds is 9. The maximum absolute atomic E-state index is 13.3. The van der Waals surface area contributed by atoms with Gasteiger partial charge in [-0.1, -0.05) is 48.0 Å². The summed E-state index contributed by atoms with van der Waals surface area (Å²) in [7, 11) is 0. The van der Waals surface area contributed by atoms with Crippen LogP contribution in [0.3, 0.4) is 0 Å². The van der Waals surface area contributed by atoms with Gasteiger partial charge < -0.3 is 21.3 Å². The number of nitrogens with two attached hydrogens (primary N) is 2. The van der Waals surface area contributed by atoms with Crippen molar-refractivity contribution in [2.24, 2.45) is 29.2 Å². The van der Waals surface area contributed by atoms with Gasteiger partial charge in [0.25, 0.3) is 0 Å². The SMILES string of the molecule is CCC(C)C(C(=O)O)(C(=O)OC(C)(C)C)N(C(=O)C(N)C(C)C)C(=O)C(N)C(C)C. The molecule has 4 unspecified atom stereocenters. The molecule has 0 saturated carbocycles. The largest absolute Gasteiger partial charge is 0.479 e. The second-order valence-electron chi connectivity index (χ2n) is 9.43. The number of carbonyl (C=O) groups excluding carboxylic acids is 3. The van der Waals surface area contributed by atoms with Crippen molar-refractivity contribution in [1.82, 2.24) is 4.90 Å². The Morgan fingerprint density at radius 2 is 1.27 bits per heavy atom. The van der Waals surface area contributed by atoms with Crippen molar-refractivity contribution in [3.8, 4) is 0 Å². The molecule has 0 rings (SSSR count). The molecule has 0 aromatic carbocycles. The van der Waals surface area contributed by atoms with Crippen molar-refractivity contribution < 1.29 is 29.0 Å². The molecule has 5 N–H and O–H groups in total. The van der Waals surface area contributed by atoms with Gasteiger partial charge in [0.05, 0.1) is 12.1 Å². The highest BCUT2D eigenvalue weighted by atomic mass is 16.6. The molecule has 0 radical (unpaired) electrons. The van der Waals surface area contributed by atoms with E-state index in [0.29, 0.717) is 4.90 Å². The van der Waals surface area contributed by atoms with Crippen LogP contribution in [0, 0.1) is 17.8 Å². The molecule has 0 aliphatic rings. The van der Waals surface area contributed by atoms with Crippen LogP contribution in [-0.4, -0.2) is 57.0 Å². The van der Waals surface area contributed by atoms with Gasteiger partial charge in [0.15, 0.2) is 0 Å². The average molecular weight is 430 g/mol. The number of hydrogen-bond donors (Lipinski definition) is 3. The molecule has 9 nitrogen and oxygen atoms in total. The predicted molar refractivity (Wildman–Crippen MR) is 113 cm³/mol. The van der Waals surface area contributed by atoms with E-state index in [-0.39, 0.29) is 6.42 Å². The monoisotopic (exact) mass is 429 g/mol. The van der Waals surface area contributed by atoms with Crippen molar-refractivity contribution in [2.45, 2.75) is 92.0 Å². The first-order valence-electron chi connectivity index (χ1n) is 10.3. The molecular weight excluding hydrogens is 390 g/mol. The Labute approximate surface area is 179 Å². The Morgan fingerprint density at radius 3 is 1.50 bits per heavy atom. The lowest BCUT2D eigenvalue weighted by molar-refractivity contribution is -0.192. The molecule has 0 saturated heterocycles. The van der Waals surface area contributed by atoms with Crippen LogP contribution in [0.2, 0.25) is 0 Å². The fourth-order valence-electron chi connectivity index (χ4n) is 2.88. The minimum atomic E-state index is -2.60. The summed E-state index contributed by atoms with van der Waals surface area (Å²) in [4.78, 5) is 53.1. The summed E-state index contributed by atoms with van der Waals surface area (Å²) in [5, 5.41) is 10.3. The smallest absolute Gasteiger partial charge is 0.345 e. The summed E-state index contributed by atoms with van der Waals surface area (Å²) < 4.78 is 5.40. The third-order valence-electron chi connectivity index (χ3n) is 5.16. The predicted octanol–water partition coefficient (Wildman–Crippen LogP) is 1.52. The number of carboxylic acid groups (broad SMARTS) is 1. The Bertz CT molecular complexity index is 630. The molecule has 0 aromatic rings. The summed E-state index contributed by atoms with van der Waals surface area (Å²) in [5.74, 6) is -6.60. The van der Waals surface area contributed by atoms with Gasteiger partial charge in [-0.25, -0.2) is 9.59 Å². The molecule has 174 valence electrons. The lowest BCUT2D eigenvalue weighted by atomic mass is 9.79. The third kappa shape index (κ3) is 5.78. The molecule has 0 heterocycles. The molecule has 0 aliphatic carbocycles. The van der Waals surface area contributed by atoms with Crippen LogP contribution in [0.5, 0.6) is 0 Å². The molecule has 0 fully saturated rings. The van der Waals surface area contributed by atoms with E-state index in [1.807, 2.05) is 0 Å². The Morgan fingerprint density at radius 1 is 0.900 bits per heavy atom. The van der Waals surface area contributed by atoms with Crippen molar-refractivity contribution >= 4 is 23.8 Å². The average Bonchev–Trinajstić information content (AvgIpc) is 2.60. The number of aliphatic carboxylic acids is 1. The van der Waals surface area contributed by atoms with Gasteiger partial charge in [-0.05, 0) is 32.6 Å². The number of esters is 1. The number of nitrogens with zero attached hydrogens (tertiary/aromatic N) is 1. The van der Waals surface area contributed by atoms with Crippen LogP contribution in [0.15, 0.2) is 0 Å². The summed E-state index contributed by atoms with van der Waals surface area (Å²) >= 11 is 0. The van der Waals surface area contributed by atoms with Gasteiger partial charge in [-0.3, -0.25) is 14.5 Å². The van der Waals surface area contributed by atoms with E-state index in [4.69, 9.17) is 16.2 Å². The topological polar surface area (TPSA) is 153 Å². The zero-order valence-electron chi connectivity index (χ0n) is 19.7. The van der Waals surface area contributed by atoms with E-state index >= 15 is 0 Å². The van der Waals surface area contributed by atoms with Crippen LogP contribution in [-0.2, 0) is 23.9 Å². The van der Waals surface area contributed by atoms with E-state index in [1.165, 1.54) is 6.92 Å². The normalized spacial score (nSPS) is 17.1. The van der Waals surface area contributed by atoms with Crippen molar-refractivity contribution in [3.63, 3.8) is 0 Å². The van der Waals surface area contributed by atoms with Crippen LogP contribution >= 0.6 is 0 Å². The maximum Gasteiger partial charge on any atom is 0.345 e. The Balaban J connectivity index is 7.09. The Hall–Kier alpha value is -2.00. The minimum absolute atomic E-state index is 0.177. The van der Waals surface area contributed by atoms with Crippen LogP contribution in [0.25, 0.3) is 0 Å². The molecule has 0 aromatic heterocycles. The first-order valence-corrected chi connectivity index (χ1v) is 10.3. The van der Waals surface area contributed by atoms with Crippen LogP contribution in [0.4, 0.5) is 0 Å². The lowest BCUT2D eigenvalue weighted by Gasteiger charge is -2.44. The Kier molecular flexibility index (Phi) is 9.66. The van der Waals surface area contributed by atoms with E-state index in [0.717, 1.165) is 0 Å². The third-order valence-corrected chi connectivity index (χ3v) is 5.16. The van der Waals surface area contributed by atoms with E-state index < -0.39 is 64.7 Å². The maximum atomic E-state index is 13.3. The van der Waals surface area contributed by atoms with Gasteiger partial charge in [0.2, 0.25) is 17.4 Å². The highest BCUT2D eigenvalue weighted by Gasteiger charge is 2.62. The number of ether oxygens (including phenoxy) is 1. The highest BCUT2D eigenvalue weighted by Crippen LogP contribution is 2.34. The molecule has 2 amide bonds. The van der Waals surface area contributed by atoms with Gasteiger partial charge in [0, 0.05) is 5.92 Å². The molecular formula is C21H39N3O6. The van der Waals surface area contributed by atoms with E-state index in [1.54, 1.807) is 55.4 Å². The summed E-state index contributed by atoms with van der Waals surface area (Å²) in [6.45, 7) is 14.5. The van der Waals surface area contributed by atoms with E-state index in [2.05, 4.69) is 0 Å². The fourth-order valence-corrected chi connectivity index (χ4v) is 2.88. The number of carbonyl (C=O) groups is 4. The number of carboxylic acids is 1. The molecule has 4 atom stereocenters. The molecule has 9 heteroatoms. The zero-order chi connectivity index (χ0) is 24.2. The lowest BCUT2D eigenvalue weighted by Crippen LogP contribution is -2.72. The summed E-state index contributed by atoms with van der Waals surface area (Å²) in [6.07, 6.45) is 0.177. The van der Waals surface area contributed by atoms with Crippen LogP contribution < -0.4 is 11.5 Å². The minimum Gasteiger partial charge on any atom is -0.479 e. The number of hydrogen-bond acceptors (Lipinski definition) is 7. The van der Waals surface area contributed by atoms with Crippen molar-refractivity contribution in [2.75, 3.05) is 0 Å². The molecule has 0 spiro atoms. The highest BCUT2D eigenvalue weighted by molar-refractivity contribution is 6.14. The first-order chi connectivity index (χ1) is 13.5. The quantitative estimate of drug-likeness (QED) is 0.368. The number of amides is 2. The van der Waals surface area contributed by atoms with E-state index in [9.17, 15) is 24.3 Å². The fraction of sp³-hybridized carbons (Fsp3) is 0.810. The standard InChI is InChI=1S/C21H39N3O6/c1-10-13(6)21(18(27)28,19(29)30-20(7,8)9)24(16(25)14(22)11(2)3)17(26)15(23)12(4)5/h11-15H,10,22-23H2,1-9H3,(H,27,28). The zero-order valence-corrected chi connectivity index (χ0v) is 19.7. The van der Waals surface area contributed by atoms with Gasteiger partial charge in [0.1, 0.15) is 5.60 Å². The summed E-state index contributed by atoms with van der Waals surface area (Å²) in [6, 6.07) is -2.42. The summed E-state index contributed by atoms with van der Waals surface area (Å²) in [5.41, 5.74) is 8.37. The van der Waals surface area contributed by atoms with Gasteiger partial charge in [-0.2, -0.15) is 0 Å². The second-order valence-corrected chi connectivity index (χ2v) is 9.43. The molecule has 0 bridgehead atoms. The van der Waals surface area contributed by atoms with Gasteiger partial charge in [-0.15, -0.1) is 0 Å². The molecule has 0 aliphatic heterocycles. The van der Waals surface area contributed by atoms with Crippen molar-refractivity contribution in [3.05, 3.63) is 0 Å². The number of imide groups is 1. The first kappa shape index (κ1) is 28.0.